The lowest BCUT2D eigenvalue weighted by molar-refractivity contribution is 0.216. The summed E-state index contributed by atoms with van der Waals surface area (Å²) in [5.74, 6) is 2.42. The topological polar surface area (TPSA) is 20.2 Å². The Kier molecular flexibility index (Phi) is 4.70. The molecule has 1 N–H and O–H groups in total. The lowest BCUT2D eigenvalue weighted by atomic mass is 10.1. The molecule has 0 aromatic heterocycles. The first-order chi connectivity index (χ1) is 4.72. The van der Waals surface area contributed by atoms with E-state index in [1.807, 2.05) is 19.9 Å². The molecule has 0 spiro atoms. The van der Waals surface area contributed by atoms with E-state index in [4.69, 9.17) is 6.42 Å². The fourth-order valence-electron chi connectivity index (χ4n) is 0.731. The molecule has 0 bridgehead atoms. The Morgan fingerprint density at radius 3 is 2.80 bits per heavy atom. The van der Waals surface area contributed by atoms with Crippen molar-refractivity contribution in [3.63, 3.8) is 0 Å². The Morgan fingerprint density at radius 2 is 2.40 bits per heavy atom. The van der Waals surface area contributed by atoms with E-state index in [0.717, 1.165) is 12.0 Å². The molecule has 56 valence electrons. The van der Waals surface area contributed by atoms with E-state index in [-0.39, 0.29) is 0 Å². The van der Waals surface area contributed by atoms with E-state index in [1.54, 1.807) is 0 Å². The summed E-state index contributed by atoms with van der Waals surface area (Å²) >= 11 is 0. The average molecular weight is 138 g/mol. The van der Waals surface area contributed by atoms with Crippen molar-refractivity contribution >= 4 is 0 Å². The summed E-state index contributed by atoms with van der Waals surface area (Å²) in [6, 6.07) is 0. The van der Waals surface area contributed by atoms with Crippen LogP contribution < -0.4 is 0 Å². The van der Waals surface area contributed by atoms with Crippen molar-refractivity contribution < 1.29 is 5.11 Å². The summed E-state index contributed by atoms with van der Waals surface area (Å²) in [6.07, 6.45) is 7.95. The van der Waals surface area contributed by atoms with Crippen LogP contribution in [0, 0.1) is 12.3 Å². The van der Waals surface area contributed by atoms with Gasteiger partial charge >= 0.3 is 0 Å². The van der Waals surface area contributed by atoms with Gasteiger partial charge in [-0.3, -0.25) is 0 Å². The first-order valence-electron chi connectivity index (χ1n) is 3.50. The lowest BCUT2D eigenvalue weighted by Crippen LogP contribution is -2.06. The maximum Gasteiger partial charge on any atom is 0.0856 e. The average Bonchev–Trinajstić information content (AvgIpc) is 1.89. The SMILES string of the molecule is C#CCC(O)/C(C)=C/CC. The maximum absolute atomic E-state index is 9.24. The maximum atomic E-state index is 9.24. The number of hydrogen-bond acceptors (Lipinski definition) is 1. The molecule has 1 heteroatoms. The van der Waals surface area contributed by atoms with Crippen molar-refractivity contribution in [2.45, 2.75) is 32.8 Å². The third-order valence-electron chi connectivity index (χ3n) is 1.36. The molecule has 1 unspecified atom stereocenters. The summed E-state index contributed by atoms with van der Waals surface area (Å²) in [7, 11) is 0. The van der Waals surface area contributed by atoms with Gasteiger partial charge in [0.1, 0.15) is 0 Å². The van der Waals surface area contributed by atoms with E-state index in [1.165, 1.54) is 0 Å². The Balaban J connectivity index is 3.83. The van der Waals surface area contributed by atoms with Crippen LogP contribution in [0.3, 0.4) is 0 Å². The molecule has 0 saturated carbocycles. The largest absolute Gasteiger partial charge is 0.388 e. The first kappa shape index (κ1) is 9.26. The van der Waals surface area contributed by atoms with Gasteiger partial charge in [0.25, 0.3) is 0 Å². The highest BCUT2D eigenvalue weighted by Crippen LogP contribution is 2.04. The summed E-state index contributed by atoms with van der Waals surface area (Å²) in [4.78, 5) is 0. The van der Waals surface area contributed by atoms with Gasteiger partial charge in [-0.25, -0.2) is 0 Å². The zero-order valence-corrected chi connectivity index (χ0v) is 6.59. The normalized spacial score (nSPS) is 14.4. The highest BCUT2D eigenvalue weighted by Gasteiger charge is 2.01. The van der Waals surface area contributed by atoms with Crippen LogP contribution in [-0.4, -0.2) is 11.2 Å². The number of terminal acetylenes is 1. The number of allylic oxidation sites excluding steroid dienone is 1. The van der Waals surface area contributed by atoms with Crippen molar-refractivity contribution in [2.75, 3.05) is 0 Å². The third kappa shape index (κ3) is 3.32. The van der Waals surface area contributed by atoms with Gasteiger partial charge in [-0.05, 0) is 18.9 Å². The van der Waals surface area contributed by atoms with Crippen LogP contribution in [0.25, 0.3) is 0 Å². The smallest absolute Gasteiger partial charge is 0.0856 e. The van der Waals surface area contributed by atoms with Crippen LogP contribution >= 0.6 is 0 Å². The molecule has 0 heterocycles. The highest BCUT2D eigenvalue weighted by molar-refractivity contribution is 5.07. The zero-order valence-electron chi connectivity index (χ0n) is 6.59. The summed E-state index contributed by atoms with van der Waals surface area (Å²) < 4.78 is 0. The molecule has 0 amide bonds. The molecule has 0 aromatic carbocycles. The van der Waals surface area contributed by atoms with Gasteiger partial charge < -0.3 is 5.11 Å². The van der Waals surface area contributed by atoms with Crippen molar-refractivity contribution in [1.29, 1.82) is 0 Å². The van der Waals surface area contributed by atoms with Gasteiger partial charge in [-0.1, -0.05) is 13.0 Å². The van der Waals surface area contributed by atoms with E-state index < -0.39 is 6.10 Å². The van der Waals surface area contributed by atoms with Gasteiger partial charge in [-0.15, -0.1) is 12.3 Å². The van der Waals surface area contributed by atoms with Crippen molar-refractivity contribution in [3.8, 4) is 12.3 Å². The molecule has 0 radical (unpaired) electrons. The highest BCUT2D eigenvalue weighted by atomic mass is 16.3. The van der Waals surface area contributed by atoms with Crippen molar-refractivity contribution in [3.05, 3.63) is 11.6 Å². The number of rotatable bonds is 3. The standard InChI is InChI=1S/C9H14O/c1-4-6-8(3)9(10)7-5-2/h2,6,9-10H,4,7H2,1,3H3/b8-6+. The fraction of sp³-hybridized carbons (Fsp3) is 0.556. The van der Waals surface area contributed by atoms with Crippen molar-refractivity contribution in [2.24, 2.45) is 0 Å². The van der Waals surface area contributed by atoms with Gasteiger partial charge in [0.2, 0.25) is 0 Å². The van der Waals surface area contributed by atoms with Crippen LogP contribution in [-0.2, 0) is 0 Å². The van der Waals surface area contributed by atoms with Crippen molar-refractivity contribution in [1.82, 2.24) is 0 Å². The van der Waals surface area contributed by atoms with Crippen LogP contribution in [0.4, 0.5) is 0 Å². The van der Waals surface area contributed by atoms with E-state index in [2.05, 4.69) is 5.92 Å². The van der Waals surface area contributed by atoms with E-state index in [9.17, 15) is 5.11 Å². The van der Waals surface area contributed by atoms with Crippen LogP contribution in [0.15, 0.2) is 11.6 Å². The number of hydrogen-bond donors (Lipinski definition) is 1. The first-order valence-corrected chi connectivity index (χ1v) is 3.50. The van der Waals surface area contributed by atoms with Crippen LogP contribution in [0.2, 0.25) is 0 Å². The second-order valence-electron chi connectivity index (χ2n) is 2.28. The van der Waals surface area contributed by atoms with Gasteiger partial charge in [-0.2, -0.15) is 0 Å². The molecule has 0 aliphatic carbocycles. The van der Waals surface area contributed by atoms with E-state index in [0.29, 0.717) is 6.42 Å². The van der Waals surface area contributed by atoms with Crippen LogP contribution in [0.1, 0.15) is 26.7 Å². The quantitative estimate of drug-likeness (QED) is 0.465. The summed E-state index contributed by atoms with van der Waals surface area (Å²) in [5, 5.41) is 9.24. The van der Waals surface area contributed by atoms with Crippen LogP contribution in [0.5, 0.6) is 0 Å². The minimum Gasteiger partial charge on any atom is -0.388 e. The monoisotopic (exact) mass is 138 g/mol. The predicted octanol–water partition coefficient (Wildman–Crippen LogP) is 1.73. The Bertz CT molecular complexity index is 151. The molecule has 1 nitrogen and oxygen atoms in total. The minimum atomic E-state index is -0.440. The van der Waals surface area contributed by atoms with Gasteiger partial charge in [0, 0.05) is 6.42 Å². The molecule has 1 atom stereocenters. The number of aliphatic hydroxyl groups is 1. The minimum absolute atomic E-state index is 0.419. The molecule has 0 rings (SSSR count). The van der Waals surface area contributed by atoms with Gasteiger partial charge in [0.15, 0.2) is 0 Å². The van der Waals surface area contributed by atoms with Gasteiger partial charge in [0.05, 0.1) is 6.10 Å². The third-order valence-corrected chi connectivity index (χ3v) is 1.36. The molecule has 0 saturated heterocycles. The summed E-state index contributed by atoms with van der Waals surface area (Å²) in [6.45, 7) is 3.93. The number of aliphatic hydroxyl groups excluding tert-OH is 1. The second-order valence-corrected chi connectivity index (χ2v) is 2.28. The molecule has 0 aliphatic rings. The molecule has 0 aliphatic heterocycles. The summed E-state index contributed by atoms with van der Waals surface area (Å²) in [5.41, 5.74) is 0.973. The molecular weight excluding hydrogens is 124 g/mol. The Labute approximate surface area is 62.8 Å². The molecule has 10 heavy (non-hydrogen) atoms. The molecular formula is C9H14O. The zero-order chi connectivity index (χ0) is 7.98. The lowest BCUT2D eigenvalue weighted by Gasteiger charge is -2.05. The Hall–Kier alpha value is -0.740. The van der Waals surface area contributed by atoms with E-state index >= 15 is 0 Å². The fourth-order valence-corrected chi connectivity index (χ4v) is 0.731. The Morgan fingerprint density at radius 1 is 1.80 bits per heavy atom. The molecule has 0 aromatic rings. The second kappa shape index (κ2) is 5.08. The predicted molar refractivity (Wildman–Crippen MR) is 43.5 cm³/mol. The molecule has 0 fully saturated rings.